The largest absolute Gasteiger partial charge is 2.00 e. The van der Waals surface area contributed by atoms with Crippen LogP contribution in [0.3, 0.4) is 0 Å². The smallest absolute Gasteiger partial charge is 0.411 e. The minimum atomic E-state index is 0. The molecule has 0 unspecified atom stereocenters. The second kappa shape index (κ2) is 31.8. The first-order valence-corrected chi connectivity index (χ1v) is 17.2. The maximum atomic E-state index is 5.07. The molecule has 0 fully saturated rings. The van der Waals surface area contributed by atoms with Crippen LogP contribution in [0.1, 0.15) is 79.1 Å². The Hall–Kier alpha value is 1.32. The molecule has 0 N–H and O–H groups in total. The van der Waals surface area contributed by atoms with E-state index in [9.17, 15) is 0 Å². The average molecular weight is 715 g/mol. The molecule has 37 heavy (non-hydrogen) atoms. The van der Waals surface area contributed by atoms with Gasteiger partial charge in [0.05, 0.1) is 0 Å². The zero-order valence-electron chi connectivity index (χ0n) is 24.2. The van der Waals surface area contributed by atoms with E-state index in [1.54, 1.807) is 0 Å². The van der Waals surface area contributed by atoms with Gasteiger partial charge in [0.1, 0.15) is 8.64 Å². The van der Waals surface area contributed by atoms with Crippen LogP contribution in [0.25, 0.3) is 0 Å². The summed E-state index contributed by atoms with van der Waals surface area (Å²) in [6.45, 7) is 12.9. The number of thiocarbonyl (C=S) groups is 4. The number of rotatable bonds is 12. The minimum absolute atomic E-state index is 0. The van der Waals surface area contributed by atoms with Crippen molar-refractivity contribution in [2.75, 3.05) is 54.4 Å². The third-order valence-electron chi connectivity index (χ3n) is 4.56. The predicted octanol–water partition coefficient (Wildman–Crippen LogP) is 7.50. The van der Waals surface area contributed by atoms with Gasteiger partial charge in [0.2, 0.25) is 0 Å². The zero-order valence-corrected chi connectivity index (χ0v) is 33.7. The fourth-order valence-corrected chi connectivity index (χ4v) is 5.31. The van der Waals surface area contributed by atoms with Gasteiger partial charge in [-0.05, 0) is 47.3 Å². The molecule has 0 aromatic heterocycles. The molecule has 4 nitrogen and oxygen atoms in total. The van der Waals surface area contributed by atoms with Crippen molar-refractivity contribution in [1.82, 2.24) is 19.6 Å². The topological polar surface area (TPSA) is 13.0 Å². The molecule has 214 valence electrons. The Morgan fingerprint density at radius 3 is 0.892 bits per heavy atom. The van der Waals surface area contributed by atoms with Crippen molar-refractivity contribution in [3.63, 3.8) is 0 Å². The molecule has 13 heteroatoms. The van der Waals surface area contributed by atoms with E-state index in [-0.39, 0.29) is 19.5 Å². The SMILES string of the molecule is CCCCN(CCCC)C(=S)[S-].CCCCN(CCCC)C(=S)[S-].CN(C)C(=S)SSC(=S)N(C)C.[Zn+2]. The van der Waals surface area contributed by atoms with Crippen LogP contribution in [0.2, 0.25) is 0 Å². The van der Waals surface area contributed by atoms with Gasteiger partial charge in [-0.15, -0.1) is 0 Å². The van der Waals surface area contributed by atoms with Gasteiger partial charge in [0.15, 0.2) is 0 Å². The van der Waals surface area contributed by atoms with E-state index in [1.165, 1.54) is 73.0 Å². The molecule has 0 spiro atoms. The molecule has 0 atom stereocenters. The van der Waals surface area contributed by atoms with Crippen LogP contribution in [-0.4, -0.2) is 91.3 Å². The summed E-state index contributed by atoms with van der Waals surface area (Å²) < 4.78 is 2.95. The van der Waals surface area contributed by atoms with Crippen molar-refractivity contribution in [2.45, 2.75) is 79.1 Å². The summed E-state index contributed by atoms with van der Waals surface area (Å²) in [6, 6.07) is 0. The standard InChI is InChI=1S/2C9H19NS2.C6H12N2S4.Zn/c2*1-3-5-7-10(9(11)12)8-6-4-2;1-7(2)5(9)11-12-6(10)8(3)4;/h2*3-8H2,1-2H3,(H,11,12);1-4H3;/q;;;+2/p-2. The molecule has 0 aliphatic heterocycles. The second-order valence-corrected chi connectivity index (χ2v) is 13.9. The Labute approximate surface area is 282 Å². The number of unbranched alkanes of at least 4 members (excludes halogenated alkanes) is 4. The van der Waals surface area contributed by atoms with Gasteiger partial charge in [-0.25, -0.2) is 0 Å². The third kappa shape index (κ3) is 31.7. The maximum absolute atomic E-state index is 5.07. The fraction of sp³-hybridized carbons (Fsp3) is 0.833. The molecule has 0 saturated heterocycles. The van der Waals surface area contributed by atoms with E-state index >= 15 is 0 Å². The van der Waals surface area contributed by atoms with E-state index in [4.69, 9.17) is 74.1 Å². The van der Waals surface area contributed by atoms with E-state index in [2.05, 4.69) is 37.5 Å². The molecule has 0 amide bonds. The van der Waals surface area contributed by atoms with E-state index in [0.29, 0.717) is 8.64 Å². The third-order valence-corrected chi connectivity index (χ3v) is 9.75. The number of hydrogen-bond donors (Lipinski definition) is 0. The molecule has 0 saturated carbocycles. The van der Waals surface area contributed by atoms with Crippen LogP contribution < -0.4 is 0 Å². The van der Waals surface area contributed by atoms with Gasteiger partial charge >= 0.3 is 19.5 Å². The van der Waals surface area contributed by atoms with Gasteiger partial charge in [0.25, 0.3) is 0 Å². The van der Waals surface area contributed by atoms with E-state index < -0.39 is 0 Å². The van der Waals surface area contributed by atoms with Gasteiger partial charge < -0.3 is 69.3 Å². The van der Waals surface area contributed by atoms with Crippen molar-refractivity contribution < 1.29 is 19.5 Å². The maximum Gasteiger partial charge on any atom is 2.00 e. The fourth-order valence-electron chi connectivity index (χ4n) is 2.21. The molecule has 0 heterocycles. The Morgan fingerprint density at radius 1 is 0.541 bits per heavy atom. The van der Waals surface area contributed by atoms with Gasteiger partial charge in [-0.3, -0.25) is 0 Å². The normalized spacial score (nSPS) is 9.41. The average Bonchev–Trinajstić information content (AvgIpc) is 2.82. The Balaban J connectivity index is -0.000000218. The minimum Gasteiger partial charge on any atom is -0.411 e. The van der Waals surface area contributed by atoms with Gasteiger partial charge in [0, 0.05) is 54.4 Å². The zero-order chi connectivity index (χ0) is 28.5. The molecule has 0 rings (SSSR count). The van der Waals surface area contributed by atoms with Crippen molar-refractivity contribution in [3.05, 3.63) is 0 Å². The summed E-state index contributed by atoms with van der Waals surface area (Å²) in [6.07, 6.45) is 9.62. The molecule has 0 radical (unpaired) electrons. The Kier molecular flexibility index (Phi) is 39.0. The van der Waals surface area contributed by atoms with Gasteiger partial charge in [-0.1, -0.05) is 86.5 Å². The van der Waals surface area contributed by atoms with Crippen LogP contribution in [-0.2, 0) is 44.7 Å². The molecular formula is C24H48N4S8Zn. The van der Waals surface area contributed by atoms with E-state index in [1.807, 2.05) is 38.0 Å². The van der Waals surface area contributed by atoms with Crippen LogP contribution in [0.15, 0.2) is 0 Å². The molecule has 0 aliphatic rings. The Bertz CT molecular complexity index is 529. The quantitative estimate of drug-likeness (QED) is 0.0861. The van der Waals surface area contributed by atoms with Crippen molar-refractivity contribution in [2.24, 2.45) is 0 Å². The summed E-state index contributed by atoms with van der Waals surface area (Å²) in [5.41, 5.74) is 0. The first-order chi connectivity index (χ1) is 16.9. The summed E-state index contributed by atoms with van der Waals surface area (Å²) in [4.78, 5) is 8.06. The van der Waals surface area contributed by atoms with Crippen molar-refractivity contribution in [3.8, 4) is 0 Å². The molecular weight excluding hydrogens is 666 g/mol. The summed E-state index contributed by atoms with van der Waals surface area (Å²) in [5, 5.41) is 0. The van der Waals surface area contributed by atoms with E-state index in [0.717, 1.165) is 34.8 Å². The second-order valence-electron chi connectivity index (χ2n) is 8.41. The van der Waals surface area contributed by atoms with Crippen LogP contribution in [0.5, 0.6) is 0 Å². The number of nitrogens with zero attached hydrogens (tertiary/aromatic N) is 4. The first kappa shape index (κ1) is 45.3. The first-order valence-electron chi connectivity index (χ1n) is 12.6. The molecule has 0 bridgehead atoms. The Morgan fingerprint density at radius 2 is 0.757 bits per heavy atom. The number of hydrogen-bond acceptors (Lipinski definition) is 8. The molecule has 0 aromatic rings. The van der Waals surface area contributed by atoms with Crippen LogP contribution >= 0.6 is 70.5 Å². The molecule has 0 aromatic carbocycles. The summed E-state index contributed by atoms with van der Waals surface area (Å²) >= 11 is 30.1. The van der Waals surface area contributed by atoms with Crippen LogP contribution in [0, 0.1) is 0 Å². The van der Waals surface area contributed by atoms with Gasteiger partial charge in [-0.2, -0.15) is 0 Å². The van der Waals surface area contributed by atoms with Crippen molar-refractivity contribution >= 4 is 113 Å². The predicted molar refractivity (Wildman–Crippen MR) is 190 cm³/mol. The van der Waals surface area contributed by atoms with Crippen molar-refractivity contribution in [1.29, 1.82) is 0 Å². The monoisotopic (exact) mass is 712 g/mol. The molecule has 0 aliphatic carbocycles. The van der Waals surface area contributed by atoms with Crippen LogP contribution in [0.4, 0.5) is 0 Å². The summed E-state index contributed by atoms with van der Waals surface area (Å²) in [7, 11) is 10.7. The summed E-state index contributed by atoms with van der Waals surface area (Å²) in [5.74, 6) is 0.